The van der Waals surface area contributed by atoms with E-state index >= 15 is 0 Å². The average Bonchev–Trinajstić information content (AvgIpc) is 3.14. The van der Waals surface area contributed by atoms with E-state index in [9.17, 15) is 0 Å². The number of H-pyrrole nitrogens is 1. The van der Waals surface area contributed by atoms with Crippen LogP contribution in [-0.2, 0) is 13.0 Å². The number of fused-ring (bicyclic) bond motifs is 1. The Morgan fingerprint density at radius 2 is 2.12 bits per heavy atom. The summed E-state index contributed by atoms with van der Waals surface area (Å²) in [6.45, 7) is 4.03. The molecule has 5 heteroatoms. The molecule has 0 amide bonds. The van der Waals surface area contributed by atoms with Crippen molar-refractivity contribution in [2.75, 3.05) is 16.8 Å². The van der Waals surface area contributed by atoms with E-state index in [1.54, 1.807) is 0 Å². The summed E-state index contributed by atoms with van der Waals surface area (Å²) in [5.74, 6) is 1.02. The SMILES string of the molecule is CC(Nc1ccc[nH]1)c1cncc(N2CCc3cc(Cl)ccc3C2)c1. The van der Waals surface area contributed by atoms with E-state index in [0.29, 0.717) is 0 Å². The molecular formula is C20H21ClN4. The predicted molar refractivity (Wildman–Crippen MR) is 103 cm³/mol. The van der Waals surface area contributed by atoms with Gasteiger partial charge in [0.05, 0.1) is 17.9 Å². The number of nitrogens with one attached hydrogen (secondary N) is 2. The number of halogens is 1. The van der Waals surface area contributed by atoms with E-state index in [0.717, 1.165) is 30.4 Å². The Bertz CT molecular complexity index is 860. The zero-order valence-corrected chi connectivity index (χ0v) is 14.9. The van der Waals surface area contributed by atoms with Crippen molar-refractivity contribution in [1.82, 2.24) is 9.97 Å². The second-order valence-corrected chi connectivity index (χ2v) is 6.95. The third-order valence-electron chi connectivity index (χ3n) is 4.76. The Morgan fingerprint density at radius 1 is 1.20 bits per heavy atom. The molecule has 0 fully saturated rings. The summed E-state index contributed by atoms with van der Waals surface area (Å²) in [4.78, 5) is 10.0. The molecule has 1 unspecified atom stereocenters. The Morgan fingerprint density at radius 3 is 2.96 bits per heavy atom. The van der Waals surface area contributed by atoms with E-state index in [4.69, 9.17) is 11.6 Å². The number of aromatic amines is 1. The molecule has 1 aromatic carbocycles. The molecule has 1 atom stereocenters. The lowest BCUT2D eigenvalue weighted by molar-refractivity contribution is 0.728. The molecule has 1 aliphatic heterocycles. The van der Waals surface area contributed by atoms with Gasteiger partial charge in [-0.2, -0.15) is 0 Å². The first kappa shape index (κ1) is 16.0. The molecule has 4 rings (SSSR count). The lowest BCUT2D eigenvalue weighted by Gasteiger charge is -2.31. The number of pyridine rings is 1. The first-order valence-corrected chi connectivity index (χ1v) is 8.94. The van der Waals surface area contributed by atoms with Crippen molar-refractivity contribution in [2.45, 2.75) is 25.9 Å². The van der Waals surface area contributed by atoms with Crippen LogP contribution in [0, 0.1) is 0 Å². The zero-order valence-electron chi connectivity index (χ0n) is 14.2. The predicted octanol–water partition coefficient (Wildman–Crippen LogP) is 4.80. The lowest BCUT2D eigenvalue weighted by Crippen LogP contribution is -2.30. The summed E-state index contributed by atoms with van der Waals surface area (Å²) in [5.41, 5.74) is 5.04. The maximum Gasteiger partial charge on any atom is 0.103 e. The van der Waals surface area contributed by atoms with Crippen LogP contribution < -0.4 is 10.2 Å². The fourth-order valence-electron chi connectivity index (χ4n) is 3.33. The quantitative estimate of drug-likeness (QED) is 0.709. The number of anilines is 2. The van der Waals surface area contributed by atoms with Crippen molar-refractivity contribution in [1.29, 1.82) is 0 Å². The second-order valence-electron chi connectivity index (χ2n) is 6.51. The number of hydrogen-bond donors (Lipinski definition) is 2. The molecule has 2 aromatic heterocycles. The summed E-state index contributed by atoms with van der Waals surface area (Å²) >= 11 is 6.11. The Labute approximate surface area is 152 Å². The van der Waals surface area contributed by atoms with E-state index in [-0.39, 0.29) is 6.04 Å². The number of nitrogens with zero attached hydrogens (tertiary/aromatic N) is 2. The minimum Gasteiger partial charge on any atom is -0.366 e. The van der Waals surface area contributed by atoms with Crippen molar-refractivity contribution in [3.8, 4) is 0 Å². The van der Waals surface area contributed by atoms with E-state index in [2.05, 4.69) is 45.3 Å². The van der Waals surface area contributed by atoms with Crippen LogP contribution in [0.2, 0.25) is 5.02 Å². The smallest absolute Gasteiger partial charge is 0.103 e. The summed E-state index contributed by atoms with van der Waals surface area (Å²) in [6.07, 6.45) is 6.81. The van der Waals surface area contributed by atoms with Gasteiger partial charge in [-0.3, -0.25) is 4.98 Å². The van der Waals surface area contributed by atoms with Gasteiger partial charge in [0.25, 0.3) is 0 Å². The Hall–Kier alpha value is -2.46. The number of benzene rings is 1. The fourth-order valence-corrected chi connectivity index (χ4v) is 3.53. The fraction of sp³-hybridized carbons (Fsp3) is 0.250. The highest BCUT2D eigenvalue weighted by molar-refractivity contribution is 6.30. The summed E-state index contributed by atoms with van der Waals surface area (Å²) < 4.78 is 0. The van der Waals surface area contributed by atoms with Crippen LogP contribution in [0.1, 0.15) is 29.7 Å². The third kappa shape index (κ3) is 3.49. The van der Waals surface area contributed by atoms with Gasteiger partial charge in [-0.15, -0.1) is 0 Å². The minimum absolute atomic E-state index is 0.182. The molecule has 4 nitrogen and oxygen atoms in total. The van der Waals surface area contributed by atoms with Gasteiger partial charge in [-0.05, 0) is 60.4 Å². The molecule has 128 valence electrons. The second kappa shape index (κ2) is 6.81. The molecule has 1 aliphatic rings. The molecule has 25 heavy (non-hydrogen) atoms. The highest BCUT2D eigenvalue weighted by Crippen LogP contribution is 2.28. The number of hydrogen-bond acceptors (Lipinski definition) is 3. The topological polar surface area (TPSA) is 44.0 Å². The van der Waals surface area contributed by atoms with Crippen LogP contribution in [0.3, 0.4) is 0 Å². The van der Waals surface area contributed by atoms with Crippen molar-refractivity contribution in [3.63, 3.8) is 0 Å². The maximum absolute atomic E-state index is 6.11. The highest BCUT2D eigenvalue weighted by atomic mass is 35.5. The van der Waals surface area contributed by atoms with Gasteiger partial charge in [0, 0.05) is 30.5 Å². The highest BCUT2D eigenvalue weighted by Gasteiger charge is 2.18. The van der Waals surface area contributed by atoms with Gasteiger partial charge in [0.2, 0.25) is 0 Å². The van der Waals surface area contributed by atoms with Crippen LogP contribution in [0.4, 0.5) is 11.5 Å². The van der Waals surface area contributed by atoms with Crippen molar-refractivity contribution in [3.05, 3.63) is 76.7 Å². The molecule has 3 heterocycles. The normalized spacial score (nSPS) is 14.9. The van der Waals surface area contributed by atoms with Gasteiger partial charge >= 0.3 is 0 Å². The molecular weight excluding hydrogens is 332 g/mol. The van der Waals surface area contributed by atoms with Crippen molar-refractivity contribution in [2.24, 2.45) is 0 Å². The Kier molecular flexibility index (Phi) is 4.36. The molecule has 0 bridgehead atoms. The largest absolute Gasteiger partial charge is 0.366 e. The molecule has 0 saturated heterocycles. The third-order valence-corrected chi connectivity index (χ3v) is 5.00. The first-order chi connectivity index (χ1) is 12.2. The average molecular weight is 353 g/mol. The van der Waals surface area contributed by atoms with Gasteiger partial charge < -0.3 is 15.2 Å². The summed E-state index contributed by atoms with van der Waals surface area (Å²) in [6, 6.07) is 12.6. The van der Waals surface area contributed by atoms with E-state index in [1.807, 2.05) is 36.8 Å². The van der Waals surface area contributed by atoms with Gasteiger partial charge in [-0.1, -0.05) is 17.7 Å². The number of aromatic nitrogens is 2. The van der Waals surface area contributed by atoms with Crippen LogP contribution in [0.5, 0.6) is 0 Å². The molecule has 3 aromatic rings. The van der Waals surface area contributed by atoms with E-state index < -0.39 is 0 Å². The molecule has 0 saturated carbocycles. The van der Waals surface area contributed by atoms with Gasteiger partial charge in [-0.25, -0.2) is 0 Å². The van der Waals surface area contributed by atoms with E-state index in [1.165, 1.54) is 22.4 Å². The van der Waals surface area contributed by atoms with Crippen LogP contribution in [0.15, 0.2) is 55.0 Å². The molecule has 0 spiro atoms. The minimum atomic E-state index is 0.182. The van der Waals surface area contributed by atoms with Crippen LogP contribution >= 0.6 is 11.6 Å². The summed E-state index contributed by atoms with van der Waals surface area (Å²) in [5, 5.41) is 4.28. The maximum atomic E-state index is 6.11. The molecule has 2 N–H and O–H groups in total. The molecule has 0 aliphatic carbocycles. The zero-order chi connectivity index (χ0) is 17.2. The standard InChI is InChI=1S/C20H21ClN4/c1-14(24-20-3-2-7-23-20)17-10-19(12-22-11-17)25-8-6-15-9-18(21)5-4-16(15)13-25/h2-5,7,9-12,14,23-24H,6,8,13H2,1H3. The Balaban J connectivity index is 1.52. The van der Waals surface area contributed by atoms with Gasteiger partial charge in [0.1, 0.15) is 5.82 Å². The summed E-state index contributed by atoms with van der Waals surface area (Å²) in [7, 11) is 0. The van der Waals surface area contributed by atoms with Gasteiger partial charge in [0.15, 0.2) is 0 Å². The van der Waals surface area contributed by atoms with Crippen molar-refractivity contribution >= 4 is 23.1 Å². The first-order valence-electron chi connectivity index (χ1n) is 8.56. The number of rotatable bonds is 4. The van der Waals surface area contributed by atoms with Crippen LogP contribution in [0.25, 0.3) is 0 Å². The van der Waals surface area contributed by atoms with Crippen LogP contribution in [-0.4, -0.2) is 16.5 Å². The molecule has 0 radical (unpaired) electrons. The van der Waals surface area contributed by atoms with Crippen molar-refractivity contribution < 1.29 is 0 Å². The lowest BCUT2D eigenvalue weighted by atomic mass is 9.99. The monoisotopic (exact) mass is 352 g/mol.